The summed E-state index contributed by atoms with van der Waals surface area (Å²) >= 11 is 0. The summed E-state index contributed by atoms with van der Waals surface area (Å²) in [6, 6.07) is 7.11. The Hall–Kier alpha value is -2.65. The molecule has 0 radical (unpaired) electrons. The minimum atomic E-state index is -0.145. The molecule has 2 bridgehead atoms. The van der Waals surface area contributed by atoms with Crippen LogP contribution in [0.15, 0.2) is 24.4 Å². The van der Waals surface area contributed by atoms with Crippen LogP contribution in [0, 0.1) is 0 Å². The number of hydrazine groups is 1. The summed E-state index contributed by atoms with van der Waals surface area (Å²) in [7, 11) is 0. The van der Waals surface area contributed by atoms with Gasteiger partial charge in [-0.2, -0.15) is 0 Å². The largest absolute Gasteiger partial charge is 0.446 e. The van der Waals surface area contributed by atoms with Crippen LogP contribution in [-0.2, 0) is 4.74 Å². The summed E-state index contributed by atoms with van der Waals surface area (Å²) in [5.74, 6) is 1.66. The Labute approximate surface area is 201 Å². The Morgan fingerprint density at radius 3 is 2.74 bits per heavy atom. The molecule has 2 aromatic rings. The smallest absolute Gasteiger partial charge is 0.410 e. The van der Waals surface area contributed by atoms with E-state index in [4.69, 9.17) is 9.72 Å². The summed E-state index contributed by atoms with van der Waals surface area (Å²) in [5.41, 5.74) is 7.43. The van der Waals surface area contributed by atoms with E-state index in [1.807, 2.05) is 37.1 Å². The van der Waals surface area contributed by atoms with Crippen molar-refractivity contribution in [2.24, 2.45) is 0 Å². The number of hydrogen-bond donors (Lipinski definition) is 4. The van der Waals surface area contributed by atoms with Gasteiger partial charge in [0.25, 0.3) is 0 Å². The summed E-state index contributed by atoms with van der Waals surface area (Å²) < 4.78 is 5.70. The molecular formula is C25H37N7O2. The van der Waals surface area contributed by atoms with Crippen molar-refractivity contribution in [2.45, 2.75) is 102 Å². The average Bonchev–Trinajstić information content (AvgIpc) is 3.22. The molecule has 0 saturated carbocycles. The number of piperidine rings is 2. The van der Waals surface area contributed by atoms with Crippen molar-refractivity contribution in [3.63, 3.8) is 0 Å². The maximum Gasteiger partial charge on any atom is 0.410 e. The average molecular weight is 468 g/mol. The molecule has 34 heavy (non-hydrogen) atoms. The van der Waals surface area contributed by atoms with Crippen molar-refractivity contribution < 1.29 is 9.53 Å². The number of carbonyl (C=O) groups is 1. The van der Waals surface area contributed by atoms with Gasteiger partial charge < -0.3 is 20.3 Å². The normalized spacial score (nSPS) is 29.6. The lowest BCUT2D eigenvalue weighted by Gasteiger charge is -2.48. The molecule has 4 unspecified atom stereocenters. The quantitative estimate of drug-likeness (QED) is 0.506. The molecule has 0 aliphatic carbocycles. The van der Waals surface area contributed by atoms with Gasteiger partial charge in [0, 0.05) is 41.8 Å². The predicted molar refractivity (Wildman–Crippen MR) is 133 cm³/mol. The van der Waals surface area contributed by atoms with Crippen molar-refractivity contribution in [1.82, 2.24) is 25.7 Å². The highest BCUT2D eigenvalue weighted by Gasteiger charge is 2.42. The van der Waals surface area contributed by atoms with Crippen LogP contribution < -0.4 is 21.5 Å². The minimum absolute atomic E-state index is 0.0464. The van der Waals surface area contributed by atoms with E-state index < -0.39 is 0 Å². The second-order valence-corrected chi connectivity index (χ2v) is 10.1. The lowest BCUT2D eigenvalue weighted by atomic mass is 9.82. The number of ether oxygens (including phenoxy) is 1. The monoisotopic (exact) mass is 467 g/mol. The third kappa shape index (κ3) is 4.90. The lowest BCUT2D eigenvalue weighted by molar-refractivity contribution is 0.00399. The van der Waals surface area contributed by atoms with Crippen LogP contribution in [0.4, 0.5) is 16.4 Å². The van der Waals surface area contributed by atoms with Crippen molar-refractivity contribution in [2.75, 3.05) is 10.6 Å². The standard InChI is InChI=1S/C25H37N7O2/c1-4-16(3)34-25(33)32-18-7-5-8-19(32)13-17(12-18)27-24-20-9-6-10-26-21(20)14-22(29-24)28-23-11-15(2)30-31-23/h6,9-10,14-19,23,30-31H,4-5,7-8,11-13H2,1-3H3,(H2,27,28,29)/t15?,16?,17?,18-,19+,23?. The molecule has 3 aliphatic rings. The molecule has 6 atom stereocenters. The Balaban J connectivity index is 1.33. The van der Waals surface area contributed by atoms with Gasteiger partial charge in [0.1, 0.15) is 17.7 Å². The number of carbonyl (C=O) groups excluding carboxylic acids is 1. The molecular weight excluding hydrogens is 430 g/mol. The van der Waals surface area contributed by atoms with E-state index in [0.717, 1.165) is 61.1 Å². The first-order chi connectivity index (χ1) is 16.5. The van der Waals surface area contributed by atoms with Gasteiger partial charge in [0.15, 0.2) is 0 Å². The van der Waals surface area contributed by atoms with E-state index in [0.29, 0.717) is 6.04 Å². The summed E-state index contributed by atoms with van der Waals surface area (Å²) in [6.45, 7) is 6.16. The highest BCUT2D eigenvalue weighted by molar-refractivity contribution is 5.91. The molecule has 4 N–H and O–H groups in total. The predicted octanol–water partition coefficient (Wildman–Crippen LogP) is 3.99. The van der Waals surface area contributed by atoms with Gasteiger partial charge in [-0.1, -0.05) is 6.92 Å². The van der Waals surface area contributed by atoms with Crippen LogP contribution >= 0.6 is 0 Å². The van der Waals surface area contributed by atoms with Gasteiger partial charge in [-0.15, -0.1) is 0 Å². The van der Waals surface area contributed by atoms with Gasteiger partial charge in [-0.25, -0.2) is 15.2 Å². The first-order valence-electron chi connectivity index (χ1n) is 12.8. The second-order valence-electron chi connectivity index (χ2n) is 10.1. The van der Waals surface area contributed by atoms with E-state index in [2.05, 4.69) is 39.5 Å². The second kappa shape index (κ2) is 9.92. The number of hydrogen-bond acceptors (Lipinski definition) is 8. The van der Waals surface area contributed by atoms with E-state index in [1.54, 1.807) is 0 Å². The van der Waals surface area contributed by atoms with Gasteiger partial charge in [0.2, 0.25) is 0 Å². The number of rotatable bonds is 6. The number of pyridine rings is 2. The van der Waals surface area contributed by atoms with Crippen molar-refractivity contribution >= 4 is 28.6 Å². The fourth-order valence-electron chi connectivity index (χ4n) is 5.55. The van der Waals surface area contributed by atoms with E-state index in [1.165, 1.54) is 6.42 Å². The minimum Gasteiger partial charge on any atom is -0.446 e. The molecule has 5 heterocycles. The van der Waals surface area contributed by atoms with Crippen LogP contribution in [0.2, 0.25) is 0 Å². The number of amides is 1. The van der Waals surface area contributed by atoms with E-state index >= 15 is 0 Å². The molecule has 0 spiro atoms. The maximum atomic E-state index is 12.9. The Morgan fingerprint density at radius 1 is 1.24 bits per heavy atom. The zero-order valence-corrected chi connectivity index (χ0v) is 20.4. The van der Waals surface area contributed by atoms with E-state index in [-0.39, 0.29) is 36.5 Å². The third-order valence-corrected chi connectivity index (χ3v) is 7.42. The summed E-state index contributed by atoms with van der Waals surface area (Å²) in [4.78, 5) is 24.5. The molecule has 3 saturated heterocycles. The lowest BCUT2D eigenvalue weighted by Crippen LogP contribution is -2.57. The molecule has 9 nitrogen and oxygen atoms in total. The van der Waals surface area contributed by atoms with Crippen LogP contribution in [0.1, 0.15) is 65.7 Å². The Kier molecular flexibility index (Phi) is 6.74. The molecule has 2 aromatic heterocycles. The van der Waals surface area contributed by atoms with Crippen LogP contribution in [-0.4, -0.2) is 57.4 Å². The SMILES string of the molecule is CCC(C)OC(=O)N1[C@@H]2CCC[C@H]1CC(Nc1nc(NC3CC(C)NN3)cc3ncccc13)C2. The number of aromatic nitrogens is 2. The van der Waals surface area contributed by atoms with Crippen LogP contribution in [0.5, 0.6) is 0 Å². The first-order valence-corrected chi connectivity index (χ1v) is 12.8. The number of anilines is 2. The summed E-state index contributed by atoms with van der Waals surface area (Å²) in [5, 5.41) is 8.24. The van der Waals surface area contributed by atoms with Crippen molar-refractivity contribution in [3.8, 4) is 0 Å². The molecule has 3 aliphatic heterocycles. The maximum absolute atomic E-state index is 12.9. The molecule has 184 valence electrons. The topological polar surface area (TPSA) is 103 Å². The van der Waals surface area contributed by atoms with E-state index in [9.17, 15) is 4.79 Å². The van der Waals surface area contributed by atoms with Gasteiger partial charge in [-0.3, -0.25) is 10.4 Å². The zero-order valence-electron chi connectivity index (χ0n) is 20.4. The Morgan fingerprint density at radius 2 is 2.03 bits per heavy atom. The highest BCUT2D eigenvalue weighted by Crippen LogP contribution is 2.36. The number of fused-ring (bicyclic) bond motifs is 3. The zero-order chi connectivity index (χ0) is 23.7. The van der Waals surface area contributed by atoms with Crippen molar-refractivity contribution in [1.29, 1.82) is 0 Å². The Bertz CT molecular complexity index is 1000. The van der Waals surface area contributed by atoms with Crippen LogP contribution in [0.3, 0.4) is 0 Å². The molecule has 9 heteroatoms. The fourth-order valence-corrected chi connectivity index (χ4v) is 5.55. The summed E-state index contributed by atoms with van der Waals surface area (Å²) in [6.07, 6.45) is 8.58. The van der Waals surface area contributed by atoms with Gasteiger partial charge in [0.05, 0.1) is 11.7 Å². The molecule has 0 aromatic carbocycles. The number of nitrogens with zero attached hydrogens (tertiary/aromatic N) is 3. The fraction of sp³-hybridized carbons (Fsp3) is 0.640. The third-order valence-electron chi connectivity index (χ3n) is 7.42. The molecule has 3 fully saturated rings. The van der Waals surface area contributed by atoms with Crippen molar-refractivity contribution in [3.05, 3.63) is 24.4 Å². The molecule has 1 amide bonds. The molecule has 5 rings (SSSR count). The van der Waals surface area contributed by atoms with Gasteiger partial charge >= 0.3 is 6.09 Å². The first kappa shape index (κ1) is 23.1. The van der Waals surface area contributed by atoms with Crippen LogP contribution in [0.25, 0.3) is 10.9 Å². The van der Waals surface area contributed by atoms with Gasteiger partial charge in [-0.05, 0) is 70.9 Å². The highest BCUT2D eigenvalue weighted by atomic mass is 16.6. The number of nitrogens with one attached hydrogen (secondary N) is 4.